The van der Waals surface area contributed by atoms with Crippen LogP contribution in [0.3, 0.4) is 0 Å². The number of hydrogen-bond acceptors (Lipinski definition) is 3. The molecule has 0 saturated carbocycles. The Hall–Kier alpha value is -1.23. The van der Waals surface area contributed by atoms with Gasteiger partial charge in [0.25, 0.3) is 11.5 Å². The number of carbonyl (C=O) groups excluding carboxylic acids is 1. The van der Waals surface area contributed by atoms with E-state index in [9.17, 15) is 9.59 Å². The topological polar surface area (TPSA) is 51.1 Å². The summed E-state index contributed by atoms with van der Waals surface area (Å²) in [5, 5.41) is 2.84. The number of amides is 1. The van der Waals surface area contributed by atoms with Crippen molar-refractivity contribution < 1.29 is 4.79 Å². The van der Waals surface area contributed by atoms with Gasteiger partial charge in [-0.1, -0.05) is 12.8 Å². The summed E-state index contributed by atoms with van der Waals surface area (Å²) in [6.07, 6.45) is 8.30. The van der Waals surface area contributed by atoms with Gasteiger partial charge in [0.15, 0.2) is 0 Å². The number of carbonyl (C=O) groups is 1. The molecule has 4 nitrogen and oxygen atoms in total. The van der Waals surface area contributed by atoms with Crippen molar-refractivity contribution in [1.29, 1.82) is 0 Å². The summed E-state index contributed by atoms with van der Waals surface area (Å²) in [5.74, 6) is 1.04. The highest BCUT2D eigenvalue weighted by Gasteiger charge is 2.05. The molecular formula is C14H22N2O2S. The van der Waals surface area contributed by atoms with Crippen LogP contribution in [0.15, 0.2) is 23.1 Å². The van der Waals surface area contributed by atoms with Crippen LogP contribution < -0.4 is 10.9 Å². The molecule has 1 aromatic rings. The van der Waals surface area contributed by atoms with E-state index in [1.165, 1.54) is 29.2 Å². The maximum atomic E-state index is 11.8. The summed E-state index contributed by atoms with van der Waals surface area (Å²) in [7, 11) is 1.67. The minimum absolute atomic E-state index is 0.162. The summed E-state index contributed by atoms with van der Waals surface area (Å²) in [5.41, 5.74) is 0.273. The van der Waals surface area contributed by atoms with Crippen LogP contribution in [0.1, 0.15) is 36.0 Å². The Morgan fingerprint density at radius 3 is 2.74 bits per heavy atom. The van der Waals surface area contributed by atoms with Crippen molar-refractivity contribution in [3.8, 4) is 0 Å². The lowest BCUT2D eigenvalue weighted by atomic mass is 10.2. The van der Waals surface area contributed by atoms with Gasteiger partial charge in [-0.15, -0.1) is 0 Å². The second kappa shape index (κ2) is 8.80. The number of nitrogens with zero attached hydrogens (tertiary/aromatic N) is 1. The Morgan fingerprint density at radius 2 is 2.05 bits per heavy atom. The van der Waals surface area contributed by atoms with E-state index in [1.807, 2.05) is 11.8 Å². The highest BCUT2D eigenvalue weighted by Crippen LogP contribution is 2.04. The lowest BCUT2D eigenvalue weighted by Gasteiger charge is -2.05. The molecule has 1 aromatic heterocycles. The molecule has 0 radical (unpaired) electrons. The second-order valence-corrected chi connectivity index (χ2v) is 5.51. The van der Waals surface area contributed by atoms with Crippen LogP contribution in [-0.2, 0) is 7.05 Å². The molecular weight excluding hydrogens is 260 g/mol. The highest BCUT2D eigenvalue weighted by molar-refractivity contribution is 7.98. The third kappa shape index (κ3) is 5.96. The van der Waals surface area contributed by atoms with E-state index in [2.05, 4.69) is 11.6 Å². The molecule has 1 heterocycles. The van der Waals surface area contributed by atoms with E-state index in [-0.39, 0.29) is 11.5 Å². The first kappa shape index (κ1) is 15.8. The zero-order valence-electron chi connectivity index (χ0n) is 11.6. The fraction of sp³-hybridized carbons (Fsp3) is 0.571. The standard InChI is InChI=1S/C14H22N2O2S/c1-16-9-7-12(11-13(16)17)14(18)15-8-5-3-4-6-10-19-2/h7,9,11H,3-6,8,10H2,1-2H3,(H,15,18). The number of rotatable bonds is 8. The molecule has 0 fully saturated rings. The Labute approximate surface area is 118 Å². The van der Waals surface area contributed by atoms with E-state index in [0.29, 0.717) is 12.1 Å². The van der Waals surface area contributed by atoms with Crippen molar-refractivity contribution in [3.05, 3.63) is 34.2 Å². The quantitative estimate of drug-likeness (QED) is 0.742. The van der Waals surface area contributed by atoms with Gasteiger partial charge in [-0.25, -0.2) is 0 Å². The first-order valence-corrected chi connectivity index (χ1v) is 7.98. The Bertz CT molecular complexity index is 457. The van der Waals surface area contributed by atoms with Gasteiger partial charge in [0.2, 0.25) is 0 Å². The van der Waals surface area contributed by atoms with Crippen LogP contribution in [0.25, 0.3) is 0 Å². The van der Waals surface area contributed by atoms with E-state index in [1.54, 1.807) is 19.3 Å². The summed E-state index contributed by atoms with van der Waals surface area (Å²) in [6, 6.07) is 3.03. The molecule has 1 N–H and O–H groups in total. The molecule has 0 spiro atoms. The van der Waals surface area contributed by atoms with Crippen LogP contribution in [-0.4, -0.2) is 29.0 Å². The maximum Gasteiger partial charge on any atom is 0.251 e. The molecule has 0 aliphatic rings. The zero-order valence-corrected chi connectivity index (χ0v) is 12.5. The molecule has 19 heavy (non-hydrogen) atoms. The third-order valence-electron chi connectivity index (χ3n) is 2.93. The molecule has 0 saturated heterocycles. The van der Waals surface area contributed by atoms with Gasteiger partial charge in [0, 0.05) is 31.4 Å². The maximum absolute atomic E-state index is 11.8. The molecule has 5 heteroatoms. The van der Waals surface area contributed by atoms with E-state index < -0.39 is 0 Å². The monoisotopic (exact) mass is 282 g/mol. The molecule has 0 bridgehead atoms. The predicted octanol–water partition coefficient (Wildman–Crippen LogP) is 2.04. The molecule has 1 rings (SSSR count). The number of hydrogen-bond donors (Lipinski definition) is 1. The van der Waals surface area contributed by atoms with Crippen LogP contribution >= 0.6 is 11.8 Å². The fourth-order valence-corrected chi connectivity index (χ4v) is 2.21. The highest BCUT2D eigenvalue weighted by atomic mass is 32.2. The average molecular weight is 282 g/mol. The molecule has 0 atom stereocenters. The summed E-state index contributed by atoms with van der Waals surface area (Å²) in [6.45, 7) is 0.674. The second-order valence-electron chi connectivity index (χ2n) is 4.53. The van der Waals surface area contributed by atoms with Gasteiger partial charge >= 0.3 is 0 Å². The van der Waals surface area contributed by atoms with Gasteiger partial charge in [0.05, 0.1) is 0 Å². The number of pyridine rings is 1. The Morgan fingerprint density at radius 1 is 1.32 bits per heavy atom. The van der Waals surface area contributed by atoms with Crippen molar-refractivity contribution in [2.24, 2.45) is 7.05 Å². The van der Waals surface area contributed by atoms with Gasteiger partial charge in [0.1, 0.15) is 0 Å². The molecule has 0 aliphatic heterocycles. The van der Waals surface area contributed by atoms with Crippen LogP contribution in [0.2, 0.25) is 0 Å². The normalized spacial score (nSPS) is 10.4. The van der Waals surface area contributed by atoms with Crippen LogP contribution in [0.5, 0.6) is 0 Å². The van der Waals surface area contributed by atoms with Crippen molar-refractivity contribution in [2.75, 3.05) is 18.6 Å². The molecule has 0 aromatic carbocycles. The Balaban J connectivity index is 2.24. The lowest BCUT2D eigenvalue weighted by Crippen LogP contribution is -2.26. The summed E-state index contributed by atoms with van der Waals surface area (Å²) < 4.78 is 1.45. The number of aryl methyl sites for hydroxylation is 1. The first-order chi connectivity index (χ1) is 9.15. The SMILES string of the molecule is CSCCCCCCNC(=O)c1ccn(C)c(=O)c1. The summed E-state index contributed by atoms with van der Waals surface area (Å²) in [4.78, 5) is 23.2. The molecule has 106 valence electrons. The van der Waals surface area contributed by atoms with E-state index in [4.69, 9.17) is 0 Å². The lowest BCUT2D eigenvalue weighted by molar-refractivity contribution is 0.0952. The smallest absolute Gasteiger partial charge is 0.251 e. The van der Waals surface area contributed by atoms with Gasteiger partial charge < -0.3 is 9.88 Å². The van der Waals surface area contributed by atoms with Gasteiger partial charge in [-0.3, -0.25) is 9.59 Å². The van der Waals surface area contributed by atoms with Crippen molar-refractivity contribution in [1.82, 2.24) is 9.88 Å². The number of unbranched alkanes of at least 4 members (excludes halogenated alkanes) is 3. The minimum Gasteiger partial charge on any atom is -0.352 e. The van der Waals surface area contributed by atoms with E-state index in [0.717, 1.165) is 12.8 Å². The minimum atomic E-state index is -0.165. The Kier molecular flexibility index (Phi) is 7.33. The van der Waals surface area contributed by atoms with E-state index >= 15 is 0 Å². The van der Waals surface area contributed by atoms with Crippen LogP contribution in [0, 0.1) is 0 Å². The molecule has 0 unspecified atom stereocenters. The molecule has 1 amide bonds. The zero-order chi connectivity index (χ0) is 14.1. The number of nitrogens with one attached hydrogen (secondary N) is 1. The van der Waals surface area contributed by atoms with Crippen molar-refractivity contribution in [3.63, 3.8) is 0 Å². The predicted molar refractivity (Wildman–Crippen MR) is 80.9 cm³/mol. The number of thioether (sulfide) groups is 1. The largest absolute Gasteiger partial charge is 0.352 e. The van der Waals surface area contributed by atoms with Crippen molar-refractivity contribution >= 4 is 17.7 Å². The van der Waals surface area contributed by atoms with Gasteiger partial charge in [-0.05, 0) is 30.9 Å². The number of aromatic nitrogens is 1. The molecule has 0 aliphatic carbocycles. The van der Waals surface area contributed by atoms with Gasteiger partial charge in [-0.2, -0.15) is 11.8 Å². The van der Waals surface area contributed by atoms with Crippen LogP contribution in [0.4, 0.5) is 0 Å². The first-order valence-electron chi connectivity index (χ1n) is 6.59. The third-order valence-corrected chi connectivity index (χ3v) is 3.62. The summed E-state index contributed by atoms with van der Waals surface area (Å²) >= 11 is 1.87. The van der Waals surface area contributed by atoms with Crippen molar-refractivity contribution in [2.45, 2.75) is 25.7 Å². The fourth-order valence-electron chi connectivity index (χ4n) is 1.72. The average Bonchev–Trinajstić information content (AvgIpc) is 2.40.